The predicted molar refractivity (Wildman–Crippen MR) is 121 cm³/mol. The molecule has 2 aromatic carbocycles. The summed E-state index contributed by atoms with van der Waals surface area (Å²) in [7, 11) is 0. The number of aryl methyl sites for hydroxylation is 1. The predicted octanol–water partition coefficient (Wildman–Crippen LogP) is 4.23. The van der Waals surface area contributed by atoms with Crippen molar-refractivity contribution >= 4 is 17.5 Å². The van der Waals surface area contributed by atoms with Crippen molar-refractivity contribution in [2.45, 2.75) is 40.2 Å². The van der Waals surface area contributed by atoms with Crippen LogP contribution in [-0.4, -0.2) is 36.3 Å². The van der Waals surface area contributed by atoms with Gasteiger partial charge in [0.05, 0.1) is 17.2 Å². The SMILES string of the molecule is Cc1ccc(CN2CCCC(C(=O)Nc3ccccc3C(=O)NCC(C)C)C2)cc1. The Bertz CT molecular complexity index is 861. The zero-order valence-electron chi connectivity index (χ0n) is 18.3. The van der Waals surface area contributed by atoms with Gasteiger partial charge in [-0.2, -0.15) is 0 Å². The highest BCUT2D eigenvalue weighted by Gasteiger charge is 2.26. The first-order valence-corrected chi connectivity index (χ1v) is 10.9. The number of nitrogens with zero attached hydrogens (tertiary/aromatic N) is 1. The van der Waals surface area contributed by atoms with Crippen molar-refractivity contribution in [1.82, 2.24) is 10.2 Å². The lowest BCUT2D eigenvalue weighted by atomic mass is 9.96. The fourth-order valence-electron chi connectivity index (χ4n) is 3.78. The molecule has 5 nitrogen and oxygen atoms in total. The molecule has 0 aliphatic carbocycles. The molecule has 1 unspecified atom stereocenters. The van der Waals surface area contributed by atoms with Crippen molar-refractivity contribution in [1.29, 1.82) is 0 Å². The van der Waals surface area contributed by atoms with Crippen LogP contribution in [0.2, 0.25) is 0 Å². The van der Waals surface area contributed by atoms with Gasteiger partial charge in [0.1, 0.15) is 0 Å². The van der Waals surface area contributed by atoms with Crippen LogP contribution >= 0.6 is 0 Å². The van der Waals surface area contributed by atoms with E-state index in [1.165, 1.54) is 11.1 Å². The van der Waals surface area contributed by atoms with Gasteiger partial charge >= 0.3 is 0 Å². The number of rotatable bonds is 7. The van der Waals surface area contributed by atoms with Crippen LogP contribution in [0.5, 0.6) is 0 Å². The Labute approximate surface area is 179 Å². The normalized spacial score (nSPS) is 17.0. The van der Waals surface area contributed by atoms with Gasteiger partial charge in [0, 0.05) is 19.6 Å². The number of para-hydroxylation sites is 1. The number of carbonyl (C=O) groups is 2. The summed E-state index contributed by atoms with van der Waals surface area (Å²) < 4.78 is 0. The number of piperidine rings is 1. The average molecular weight is 408 g/mol. The number of nitrogens with one attached hydrogen (secondary N) is 2. The monoisotopic (exact) mass is 407 g/mol. The second kappa shape index (κ2) is 10.4. The van der Waals surface area contributed by atoms with Crippen LogP contribution in [0.25, 0.3) is 0 Å². The second-order valence-electron chi connectivity index (χ2n) is 8.70. The molecule has 30 heavy (non-hydrogen) atoms. The van der Waals surface area contributed by atoms with Crippen molar-refractivity contribution in [3.8, 4) is 0 Å². The van der Waals surface area contributed by atoms with Gasteiger partial charge in [0.25, 0.3) is 5.91 Å². The van der Waals surface area contributed by atoms with E-state index in [4.69, 9.17) is 0 Å². The fourth-order valence-corrected chi connectivity index (χ4v) is 3.78. The van der Waals surface area contributed by atoms with E-state index in [0.29, 0.717) is 23.7 Å². The molecule has 0 bridgehead atoms. The molecule has 3 rings (SSSR count). The van der Waals surface area contributed by atoms with Crippen LogP contribution in [0.15, 0.2) is 48.5 Å². The molecule has 2 aromatic rings. The average Bonchev–Trinajstić information content (AvgIpc) is 2.74. The fraction of sp³-hybridized carbons (Fsp3) is 0.440. The summed E-state index contributed by atoms with van der Waals surface area (Å²) in [4.78, 5) is 27.9. The molecular formula is C25H33N3O2. The summed E-state index contributed by atoms with van der Waals surface area (Å²) in [5.74, 6) is 0.144. The van der Waals surface area contributed by atoms with Gasteiger partial charge in [-0.05, 0) is 49.9 Å². The Kier molecular flexibility index (Phi) is 7.63. The van der Waals surface area contributed by atoms with E-state index in [-0.39, 0.29) is 17.7 Å². The molecule has 0 aromatic heterocycles. The molecule has 1 atom stereocenters. The van der Waals surface area contributed by atoms with Crippen LogP contribution in [0.1, 0.15) is 48.2 Å². The molecule has 1 saturated heterocycles. The Morgan fingerprint density at radius 2 is 1.83 bits per heavy atom. The maximum absolute atomic E-state index is 13.0. The topological polar surface area (TPSA) is 61.4 Å². The minimum absolute atomic E-state index is 0.00674. The maximum Gasteiger partial charge on any atom is 0.253 e. The van der Waals surface area contributed by atoms with Crippen molar-refractivity contribution in [3.63, 3.8) is 0 Å². The molecule has 1 fully saturated rings. The summed E-state index contributed by atoms with van der Waals surface area (Å²) in [6.45, 7) is 9.41. The molecule has 0 radical (unpaired) electrons. The number of likely N-dealkylation sites (tertiary alicyclic amines) is 1. The summed E-state index contributed by atoms with van der Waals surface area (Å²) in [6.07, 6.45) is 1.87. The number of amides is 2. The van der Waals surface area contributed by atoms with Gasteiger partial charge in [-0.1, -0.05) is 55.8 Å². The molecule has 2 amide bonds. The standard InChI is InChI=1S/C25H33N3O2/c1-18(2)15-26-25(30)22-8-4-5-9-23(22)27-24(29)21-7-6-14-28(17-21)16-20-12-10-19(3)11-13-20/h4-5,8-13,18,21H,6-7,14-17H2,1-3H3,(H,26,30)(H,27,29). The van der Waals surface area contributed by atoms with E-state index >= 15 is 0 Å². The van der Waals surface area contributed by atoms with Crippen LogP contribution in [-0.2, 0) is 11.3 Å². The lowest BCUT2D eigenvalue weighted by molar-refractivity contribution is -0.121. The van der Waals surface area contributed by atoms with Gasteiger partial charge in [-0.25, -0.2) is 0 Å². The Morgan fingerprint density at radius 3 is 2.57 bits per heavy atom. The van der Waals surface area contributed by atoms with E-state index in [9.17, 15) is 9.59 Å². The van der Waals surface area contributed by atoms with Gasteiger partial charge in [0.2, 0.25) is 5.91 Å². The number of anilines is 1. The van der Waals surface area contributed by atoms with Crippen molar-refractivity contribution in [2.24, 2.45) is 11.8 Å². The Morgan fingerprint density at radius 1 is 1.10 bits per heavy atom. The summed E-state index contributed by atoms with van der Waals surface area (Å²) in [5.41, 5.74) is 3.62. The number of benzene rings is 2. The van der Waals surface area contributed by atoms with Crippen molar-refractivity contribution in [2.75, 3.05) is 25.0 Å². The van der Waals surface area contributed by atoms with E-state index in [1.54, 1.807) is 12.1 Å². The molecule has 1 aliphatic heterocycles. The Balaban J connectivity index is 1.61. The molecule has 0 saturated carbocycles. The largest absolute Gasteiger partial charge is 0.352 e. The minimum Gasteiger partial charge on any atom is -0.352 e. The third kappa shape index (κ3) is 6.17. The second-order valence-corrected chi connectivity index (χ2v) is 8.70. The van der Waals surface area contributed by atoms with Crippen LogP contribution in [0.3, 0.4) is 0 Å². The molecule has 1 aliphatic rings. The first-order chi connectivity index (χ1) is 14.4. The van der Waals surface area contributed by atoms with Gasteiger partial charge in [-0.15, -0.1) is 0 Å². The molecule has 160 valence electrons. The van der Waals surface area contributed by atoms with Gasteiger partial charge < -0.3 is 10.6 Å². The highest BCUT2D eigenvalue weighted by atomic mass is 16.2. The first-order valence-electron chi connectivity index (χ1n) is 10.9. The molecule has 1 heterocycles. The van der Waals surface area contributed by atoms with E-state index < -0.39 is 0 Å². The first kappa shape index (κ1) is 22.0. The summed E-state index contributed by atoms with van der Waals surface area (Å²) >= 11 is 0. The Hall–Kier alpha value is -2.66. The van der Waals surface area contributed by atoms with Crippen molar-refractivity contribution in [3.05, 3.63) is 65.2 Å². The van der Waals surface area contributed by atoms with Crippen LogP contribution in [0.4, 0.5) is 5.69 Å². The van der Waals surface area contributed by atoms with E-state index in [1.807, 2.05) is 12.1 Å². The maximum atomic E-state index is 13.0. The molecular weight excluding hydrogens is 374 g/mol. The zero-order chi connectivity index (χ0) is 21.5. The zero-order valence-corrected chi connectivity index (χ0v) is 18.3. The van der Waals surface area contributed by atoms with Crippen molar-refractivity contribution < 1.29 is 9.59 Å². The van der Waals surface area contributed by atoms with E-state index in [2.05, 4.69) is 60.6 Å². The minimum atomic E-state index is -0.149. The summed E-state index contributed by atoms with van der Waals surface area (Å²) in [6, 6.07) is 15.8. The number of hydrogen-bond acceptors (Lipinski definition) is 3. The summed E-state index contributed by atoms with van der Waals surface area (Å²) in [5, 5.41) is 5.95. The van der Waals surface area contributed by atoms with Crippen LogP contribution < -0.4 is 10.6 Å². The molecule has 0 spiro atoms. The van der Waals surface area contributed by atoms with E-state index in [0.717, 1.165) is 32.5 Å². The highest BCUT2D eigenvalue weighted by molar-refractivity contribution is 6.04. The molecule has 5 heteroatoms. The van der Waals surface area contributed by atoms with Gasteiger partial charge in [-0.3, -0.25) is 14.5 Å². The van der Waals surface area contributed by atoms with Crippen LogP contribution in [0, 0.1) is 18.8 Å². The lowest BCUT2D eigenvalue weighted by Gasteiger charge is -2.32. The quantitative estimate of drug-likeness (QED) is 0.722. The third-order valence-corrected chi connectivity index (χ3v) is 5.50. The lowest BCUT2D eigenvalue weighted by Crippen LogP contribution is -2.40. The third-order valence-electron chi connectivity index (χ3n) is 5.50. The van der Waals surface area contributed by atoms with Gasteiger partial charge in [0.15, 0.2) is 0 Å². The molecule has 2 N–H and O–H groups in total. The smallest absolute Gasteiger partial charge is 0.253 e. The number of hydrogen-bond donors (Lipinski definition) is 2. The number of carbonyl (C=O) groups excluding carboxylic acids is 2. The highest BCUT2D eigenvalue weighted by Crippen LogP contribution is 2.22.